The molecule has 1 N–H and O–H groups in total. The summed E-state index contributed by atoms with van der Waals surface area (Å²) in [4.78, 5) is 20.1. The van der Waals surface area contributed by atoms with E-state index in [4.69, 9.17) is 23.2 Å². The molecule has 0 saturated carbocycles. The maximum absolute atomic E-state index is 11.0. The second-order valence-electron chi connectivity index (χ2n) is 4.00. The van der Waals surface area contributed by atoms with Gasteiger partial charge in [-0.15, -0.1) is 10.2 Å². The SMILES string of the molecule is O=[N+]([O-])c1ccc(N/N=C/c2cc(Cl)nnc2Cl)c([N+](=O)[O-])c1. The van der Waals surface area contributed by atoms with E-state index in [0.717, 1.165) is 12.1 Å². The Bertz CT molecular complexity index is 813. The van der Waals surface area contributed by atoms with Crippen LogP contribution in [0.2, 0.25) is 10.3 Å². The van der Waals surface area contributed by atoms with E-state index in [1.807, 2.05) is 0 Å². The summed E-state index contributed by atoms with van der Waals surface area (Å²) in [5.74, 6) is 0. The lowest BCUT2D eigenvalue weighted by Crippen LogP contribution is -1.99. The molecule has 0 bridgehead atoms. The van der Waals surface area contributed by atoms with Crippen LogP contribution in [0.15, 0.2) is 29.4 Å². The molecule has 0 fully saturated rings. The van der Waals surface area contributed by atoms with Gasteiger partial charge < -0.3 is 0 Å². The summed E-state index contributed by atoms with van der Waals surface area (Å²) in [5, 5.41) is 32.6. The molecular weight excluding hydrogens is 351 g/mol. The molecule has 1 heterocycles. The molecule has 1 aromatic carbocycles. The summed E-state index contributed by atoms with van der Waals surface area (Å²) in [7, 11) is 0. The van der Waals surface area contributed by atoms with Crippen LogP contribution in [0.1, 0.15) is 5.56 Å². The number of anilines is 1. The molecule has 0 amide bonds. The molecule has 118 valence electrons. The highest BCUT2D eigenvalue weighted by Crippen LogP contribution is 2.28. The predicted octanol–water partition coefficient (Wildman–Crippen LogP) is 3.05. The van der Waals surface area contributed by atoms with Gasteiger partial charge in [0.2, 0.25) is 0 Å². The largest absolute Gasteiger partial charge is 0.301 e. The van der Waals surface area contributed by atoms with Crippen LogP contribution in [0.3, 0.4) is 0 Å². The number of hydrazone groups is 1. The van der Waals surface area contributed by atoms with E-state index >= 15 is 0 Å². The lowest BCUT2D eigenvalue weighted by atomic mass is 10.2. The first kappa shape index (κ1) is 16.5. The van der Waals surface area contributed by atoms with Crippen LogP contribution in [-0.4, -0.2) is 26.3 Å². The Morgan fingerprint density at radius 2 is 1.87 bits per heavy atom. The van der Waals surface area contributed by atoms with Crippen molar-refractivity contribution in [2.24, 2.45) is 5.10 Å². The molecule has 0 spiro atoms. The quantitative estimate of drug-likeness (QED) is 0.493. The zero-order valence-electron chi connectivity index (χ0n) is 11.0. The zero-order chi connectivity index (χ0) is 17.0. The van der Waals surface area contributed by atoms with Crippen LogP contribution in [0.5, 0.6) is 0 Å². The second kappa shape index (κ2) is 6.94. The second-order valence-corrected chi connectivity index (χ2v) is 4.74. The Morgan fingerprint density at radius 3 is 2.52 bits per heavy atom. The van der Waals surface area contributed by atoms with Crippen molar-refractivity contribution in [3.05, 3.63) is 60.4 Å². The zero-order valence-corrected chi connectivity index (χ0v) is 12.5. The van der Waals surface area contributed by atoms with Gasteiger partial charge in [-0.25, -0.2) is 0 Å². The summed E-state index contributed by atoms with van der Waals surface area (Å²) in [6.45, 7) is 0. The molecular formula is C11H6Cl2N6O4. The molecule has 0 saturated heterocycles. The van der Waals surface area contributed by atoms with Crippen LogP contribution in [0.4, 0.5) is 17.1 Å². The van der Waals surface area contributed by atoms with Crippen molar-refractivity contribution in [3.63, 3.8) is 0 Å². The first-order chi connectivity index (χ1) is 10.9. The van der Waals surface area contributed by atoms with Crippen molar-refractivity contribution in [3.8, 4) is 0 Å². The average molecular weight is 357 g/mol. The minimum Gasteiger partial charge on any atom is -0.272 e. The number of aromatic nitrogens is 2. The predicted molar refractivity (Wildman–Crippen MR) is 83.0 cm³/mol. The Morgan fingerprint density at radius 1 is 1.13 bits per heavy atom. The van der Waals surface area contributed by atoms with E-state index in [0.29, 0.717) is 5.56 Å². The molecule has 12 heteroatoms. The number of hydrogen-bond acceptors (Lipinski definition) is 8. The maximum atomic E-state index is 11.0. The molecule has 0 radical (unpaired) electrons. The average Bonchev–Trinajstić information content (AvgIpc) is 2.50. The van der Waals surface area contributed by atoms with Crippen LogP contribution in [-0.2, 0) is 0 Å². The number of hydrogen-bond donors (Lipinski definition) is 1. The minimum absolute atomic E-state index is 0.0268. The van der Waals surface area contributed by atoms with Crippen molar-refractivity contribution in [1.29, 1.82) is 0 Å². The molecule has 0 atom stereocenters. The molecule has 23 heavy (non-hydrogen) atoms. The summed E-state index contributed by atoms with van der Waals surface area (Å²) < 4.78 is 0. The van der Waals surface area contributed by atoms with E-state index in [2.05, 4.69) is 20.7 Å². The number of nitro benzene ring substituents is 2. The fourth-order valence-electron chi connectivity index (χ4n) is 1.51. The van der Waals surface area contributed by atoms with E-state index in [-0.39, 0.29) is 16.0 Å². The third kappa shape index (κ3) is 4.08. The Labute approximate surface area is 138 Å². The Hall–Kier alpha value is -2.85. The van der Waals surface area contributed by atoms with Gasteiger partial charge in [-0.3, -0.25) is 25.7 Å². The van der Waals surface area contributed by atoms with Crippen molar-refractivity contribution in [2.75, 3.05) is 5.43 Å². The standard InChI is InChI=1S/C11H6Cl2N6O4/c12-10-3-6(11(13)17-16-10)5-14-15-8-2-1-7(18(20)21)4-9(8)19(22)23/h1-5,15H/b14-5+. The highest BCUT2D eigenvalue weighted by atomic mass is 35.5. The maximum Gasteiger partial charge on any atom is 0.301 e. The number of non-ortho nitro benzene ring substituents is 1. The third-order valence-corrected chi connectivity index (χ3v) is 3.00. The first-order valence-corrected chi connectivity index (χ1v) is 6.54. The number of nitrogens with zero attached hydrogens (tertiary/aromatic N) is 5. The van der Waals surface area contributed by atoms with Gasteiger partial charge in [0.1, 0.15) is 5.69 Å². The molecule has 0 aliphatic rings. The van der Waals surface area contributed by atoms with Gasteiger partial charge in [-0.05, 0) is 12.1 Å². The molecule has 2 rings (SSSR count). The lowest BCUT2D eigenvalue weighted by Gasteiger charge is -2.02. The normalized spacial score (nSPS) is 10.7. The van der Waals surface area contributed by atoms with Gasteiger partial charge in [0, 0.05) is 11.6 Å². The van der Waals surface area contributed by atoms with E-state index in [1.54, 1.807) is 0 Å². The van der Waals surface area contributed by atoms with Gasteiger partial charge in [-0.1, -0.05) is 23.2 Å². The summed E-state index contributed by atoms with van der Waals surface area (Å²) >= 11 is 11.4. The first-order valence-electron chi connectivity index (χ1n) is 5.79. The number of benzene rings is 1. The minimum atomic E-state index is -0.761. The van der Waals surface area contributed by atoms with Crippen molar-refractivity contribution in [1.82, 2.24) is 10.2 Å². The Balaban J connectivity index is 2.26. The number of halogens is 2. The van der Waals surface area contributed by atoms with Crippen molar-refractivity contribution in [2.45, 2.75) is 0 Å². The molecule has 2 aromatic rings. The van der Waals surface area contributed by atoms with Gasteiger partial charge in [-0.2, -0.15) is 5.10 Å². The molecule has 1 aromatic heterocycles. The fraction of sp³-hybridized carbons (Fsp3) is 0. The highest BCUT2D eigenvalue weighted by molar-refractivity contribution is 6.33. The summed E-state index contributed by atoms with van der Waals surface area (Å²) in [6, 6.07) is 4.51. The monoisotopic (exact) mass is 356 g/mol. The van der Waals surface area contributed by atoms with Gasteiger partial charge in [0.15, 0.2) is 10.3 Å². The van der Waals surface area contributed by atoms with Crippen molar-refractivity contribution < 1.29 is 9.85 Å². The number of nitrogens with one attached hydrogen (secondary N) is 1. The highest BCUT2D eigenvalue weighted by Gasteiger charge is 2.19. The van der Waals surface area contributed by atoms with E-state index in [9.17, 15) is 20.2 Å². The van der Waals surface area contributed by atoms with Crippen LogP contribution in [0, 0.1) is 20.2 Å². The van der Waals surface area contributed by atoms with E-state index < -0.39 is 21.2 Å². The van der Waals surface area contributed by atoms with Crippen LogP contribution in [0.25, 0.3) is 0 Å². The van der Waals surface area contributed by atoms with Gasteiger partial charge in [0.25, 0.3) is 5.69 Å². The summed E-state index contributed by atoms with van der Waals surface area (Å²) in [6.07, 6.45) is 1.23. The third-order valence-electron chi connectivity index (χ3n) is 2.52. The summed E-state index contributed by atoms with van der Waals surface area (Å²) in [5.41, 5.74) is 1.83. The molecule has 0 unspecified atom stereocenters. The van der Waals surface area contributed by atoms with Crippen LogP contribution < -0.4 is 5.43 Å². The molecule has 0 aliphatic heterocycles. The topological polar surface area (TPSA) is 136 Å². The smallest absolute Gasteiger partial charge is 0.272 e. The Kier molecular flexibility index (Phi) is 4.98. The van der Waals surface area contributed by atoms with Gasteiger partial charge >= 0.3 is 5.69 Å². The molecule has 0 aliphatic carbocycles. The number of nitro groups is 2. The molecule has 10 nitrogen and oxygen atoms in total. The fourth-order valence-corrected chi connectivity index (χ4v) is 1.80. The lowest BCUT2D eigenvalue weighted by molar-refractivity contribution is -0.393. The van der Waals surface area contributed by atoms with Crippen LogP contribution >= 0.6 is 23.2 Å². The van der Waals surface area contributed by atoms with E-state index in [1.165, 1.54) is 18.3 Å². The van der Waals surface area contributed by atoms with Crippen molar-refractivity contribution >= 4 is 46.5 Å². The number of rotatable bonds is 5. The van der Waals surface area contributed by atoms with Gasteiger partial charge in [0.05, 0.1) is 22.1 Å².